The number of rotatable bonds is 7. The van der Waals surface area contributed by atoms with Crippen LogP contribution in [-0.4, -0.2) is 34.2 Å². The molecular formula is C20H25ClN4O4. The first-order valence-electron chi connectivity index (χ1n) is 9.32. The van der Waals surface area contributed by atoms with Gasteiger partial charge in [0.05, 0.1) is 5.69 Å². The normalized spacial score (nSPS) is 11.8. The van der Waals surface area contributed by atoms with Crippen LogP contribution in [0.3, 0.4) is 0 Å². The molecule has 0 saturated heterocycles. The van der Waals surface area contributed by atoms with Crippen LogP contribution in [0, 0.1) is 12.8 Å². The fraction of sp³-hybridized carbons (Fsp3) is 0.400. The zero-order valence-electron chi connectivity index (χ0n) is 16.9. The summed E-state index contributed by atoms with van der Waals surface area (Å²) < 4.78 is 7.01. The monoisotopic (exact) mass is 420 g/mol. The molecule has 0 radical (unpaired) electrons. The minimum Gasteiger partial charge on any atom is -0.444 e. The minimum atomic E-state index is -1.32. The molecule has 9 heteroatoms. The van der Waals surface area contributed by atoms with E-state index in [0.717, 1.165) is 0 Å². The maximum absolute atomic E-state index is 12.8. The van der Waals surface area contributed by atoms with Crippen molar-refractivity contribution < 1.29 is 19.1 Å². The molecule has 0 fully saturated rings. The average molecular weight is 421 g/mol. The molecule has 8 nitrogen and oxygen atoms in total. The first kappa shape index (κ1) is 22.4. The molecule has 0 unspecified atom stereocenters. The standard InChI is InChI=1S/C20H25ClN4O4/c1-5-22-20(28)23-18(26)16(14-9-7-6-8-10-14)29-19(27)15-13(4)24-25(17(15)21)11-12(2)3/h6-10,12,16H,5,11H2,1-4H3,(H2,22,23,26,28)/t16-/m0/s1. The van der Waals surface area contributed by atoms with Gasteiger partial charge in [-0.1, -0.05) is 55.8 Å². The number of esters is 1. The molecule has 0 aliphatic carbocycles. The first-order chi connectivity index (χ1) is 13.7. The second kappa shape index (κ2) is 10.1. The SMILES string of the molecule is CCNC(=O)NC(=O)[C@@H](OC(=O)c1c(C)nn(CC(C)C)c1Cl)c1ccccc1. The molecular weight excluding hydrogens is 396 g/mol. The zero-order valence-corrected chi connectivity index (χ0v) is 17.6. The molecule has 1 aromatic carbocycles. The Labute approximate surface area is 174 Å². The summed E-state index contributed by atoms with van der Waals surface area (Å²) in [6, 6.07) is 7.76. The number of nitrogens with zero attached hydrogens (tertiary/aromatic N) is 2. The Morgan fingerprint density at radius 1 is 1.21 bits per heavy atom. The number of ether oxygens (including phenoxy) is 1. The highest BCUT2D eigenvalue weighted by molar-refractivity contribution is 6.32. The second-order valence-electron chi connectivity index (χ2n) is 6.87. The van der Waals surface area contributed by atoms with E-state index in [2.05, 4.69) is 15.7 Å². The Kier molecular flexibility index (Phi) is 7.78. The van der Waals surface area contributed by atoms with Crippen molar-refractivity contribution in [3.8, 4) is 0 Å². The van der Waals surface area contributed by atoms with Gasteiger partial charge in [-0.15, -0.1) is 0 Å². The van der Waals surface area contributed by atoms with Crippen LogP contribution in [0.25, 0.3) is 0 Å². The number of nitrogens with one attached hydrogen (secondary N) is 2. The van der Waals surface area contributed by atoms with E-state index in [0.29, 0.717) is 24.3 Å². The predicted octanol–water partition coefficient (Wildman–Crippen LogP) is 3.24. The predicted molar refractivity (Wildman–Crippen MR) is 109 cm³/mol. The number of carbonyl (C=O) groups is 3. The largest absolute Gasteiger partial charge is 0.444 e. The number of hydrogen-bond acceptors (Lipinski definition) is 5. The Morgan fingerprint density at radius 3 is 2.45 bits per heavy atom. The lowest BCUT2D eigenvalue weighted by atomic mass is 10.1. The first-order valence-corrected chi connectivity index (χ1v) is 9.69. The summed E-state index contributed by atoms with van der Waals surface area (Å²) in [4.78, 5) is 37.2. The summed E-state index contributed by atoms with van der Waals surface area (Å²) in [6.45, 7) is 8.25. The van der Waals surface area contributed by atoms with Crippen molar-refractivity contribution in [2.75, 3.05) is 6.54 Å². The third-order valence-corrected chi connectivity index (χ3v) is 4.33. The highest BCUT2D eigenvalue weighted by Crippen LogP contribution is 2.25. The van der Waals surface area contributed by atoms with E-state index in [4.69, 9.17) is 16.3 Å². The number of aromatic nitrogens is 2. The van der Waals surface area contributed by atoms with Crippen molar-refractivity contribution in [1.82, 2.24) is 20.4 Å². The molecule has 1 heterocycles. The maximum Gasteiger partial charge on any atom is 0.344 e. The minimum absolute atomic E-state index is 0.0963. The summed E-state index contributed by atoms with van der Waals surface area (Å²) in [7, 11) is 0. The third kappa shape index (κ3) is 5.80. The van der Waals surface area contributed by atoms with Crippen LogP contribution in [0.4, 0.5) is 4.79 Å². The number of amides is 3. The van der Waals surface area contributed by atoms with Gasteiger partial charge in [-0.25, -0.2) is 9.59 Å². The Bertz CT molecular complexity index is 880. The fourth-order valence-corrected chi connectivity index (χ4v) is 3.02. The number of aryl methyl sites for hydroxylation is 1. The van der Waals surface area contributed by atoms with Crippen molar-refractivity contribution in [3.63, 3.8) is 0 Å². The van der Waals surface area contributed by atoms with Crippen LogP contribution < -0.4 is 10.6 Å². The topological polar surface area (TPSA) is 102 Å². The highest BCUT2D eigenvalue weighted by Gasteiger charge is 2.30. The van der Waals surface area contributed by atoms with Gasteiger partial charge in [0.15, 0.2) is 0 Å². The van der Waals surface area contributed by atoms with Crippen LogP contribution >= 0.6 is 11.6 Å². The van der Waals surface area contributed by atoms with Crippen LogP contribution in [-0.2, 0) is 16.1 Å². The number of urea groups is 1. The number of imide groups is 1. The van der Waals surface area contributed by atoms with Crippen LogP contribution in [0.1, 0.15) is 48.5 Å². The van der Waals surface area contributed by atoms with Gasteiger partial charge in [0.1, 0.15) is 10.7 Å². The van der Waals surface area contributed by atoms with Crippen molar-refractivity contribution in [2.24, 2.45) is 5.92 Å². The van der Waals surface area contributed by atoms with Gasteiger partial charge < -0.3 is 10.1 Å². The molecule has 2 aromatic rings. The fourth-order valence-electron chi connectivity index (χ4n) is 2.70. The zero-order chi connectivity index (χ0) is 21.6. The molecule has 2 N–H and O–H groups in total. The van der Waals surface area contributed by atoms with Crippen LogP contribution in [0.5, 0.6) is 0 Å². The summed E-state index contributed by atoms with van der Waals surface area (Å²) in [5, 5.41) is 9.08. The quantitative estimate of drug-likeness (QED) is 0.669. The number of hydrogen-bond donors (Lipinski definition) is 2. The van der Waals surface area contributed by atoms with Crippen molar-refractivity contribution >= 4 is 29.5 Å². The molecule has 0 spiro atoms. The number of halogens is 1. The average Bonchev–Trinajstić information content (AvgIpc) is 2.93. The Hall–Kier alpha value is -2.87. The molecule has 1 aromatic heterocycles. The van der Waals surface area contributed by atoms with Gasteiger partial charge in [0.2, 0.25) is 6.10 Å². The van der Waals surface area contributed by atoms with Gasteiger partial charge in [0.25, 0.3) is 5.91 Å². The van der Waals surface area contributed by atoms with Gasteiger partial charge in [-0.05, 0) is 19.8 Å². The smallest absolute Gasteiger partial charge is 0.344 e. The molecule has 0 saturated carbocycles. The van der Waals surface area contributed by atoms with Gasteiger partial charge in [0, 0.05) is 18.7 Å². The molecule has 3 amide bonds. The molecule has 0 aliphatic heterocycles. The third-order valence-electron chi connectivity index (χ3n) is 3.95. The van der Waals surface area contributed by atoms with Crippen molar-refractivity contribution in [2.45, 2.75) is 40.3 Å². The van der Waals surface area contributed by atoms with E-state index in [9.17, 15) is 14.4 Å². The van der Waals surface area contributed by atoms with E-state index in [1.165, 1.54) is 4.68 Å². The molecule has 0 aliphatic rings. The van der Waals surface area contributed by atoms with E-state index in [1.807, 2.05) is 13.8 Å². The summed E-state index contributed by atoms with van der Waals surface area (Å²) in [5.41, 5.74) is 0.918. The summed E-state index contributed by atoms with van der Waals surface area (Å²) >= 11 is 6.34. The van der Waals surface area contributed by atoms with E-state index >= 15 is 0 Å². The Balaban J connectivity index is 2.29. The number of benzene rings is 1. The molecule has 2 rings (SSSR count). The van der Waals surface area contributed by atoms with Gasteiger partial charge >= 0.3 is 12.0 Å². The lowest BCUT2D eigenvalue weighted by Crippen LogP contribution is -2.42. The lowest BCUT2D eigenvalue weighted by Gasteiger charge is -2.17. The Morgan fingerprint density at radius 2 is 1.86 bits per heavy atom. The highest BCUT2D eigenvalue weighted by atomic mass is 35.5. The van der Waals surface area contributed by atoms with Crippen LogP contribution in [0.15, 0.2) is 30.3 Å². The molecule has 1 atom stereocenters. The molecule has 29 heavy (non-hydrogen) atoms. The van der Waals surface area contributed by atoms with Gasteiger partial charge in [-0.2, -0.15) is 5.10 Å². The van der Waals surface area contributed by atoms with E-state index in [1.54, 1.807) is 44.2 Å². The molecule has 156 valence electrons. The maximum atomic E-state index is 12.8. The van der Waals surface area contributed by atoms with Crippen molar-refractivity contribution in [3.05, 3.63) is 52.3 Å². The van der Waals surface area contributed by atoms with Crippen molar-refractivity contribution in [1.29, 1.82) is 0 Å². The van der Waals surface area contributed by atoms with E-state index < -0.39 is 24.0 Å². The lowest BCUT2D eigenvalue weighted by molar-refractivity contribution is -0.129. The summed E-state index contributed by atoms with van der Waals surface area (Å²) in [6.07, 6.45) is -1.32. The van der Waals surface area contributed by atoms with Crippen LogP contribution in [0.2, 0.25) is 5.15 Å². The summed E-state index contributed by atoms with van der Waals surface area (Å²) in [5.74, 6) is -1.28. The molecule has 0 bridgehead atoms. The number of carbonyl (C=O) groups excluding carboxylic acids is 3. The van der Waals surface area contributed by atoms with E-state index in [-0.39, 0.29) is 16.6 Å². The van der Waals surface area contributed by atoms with Gasteiger partial charge in [-0.3, -0.25) is 14.8 Å². The second-order valence-corrected chi connectivity index (χ2v) is 7.23.